The SMILES string of the molecule is O=C(O)[C@H]1CCCC[C@H]1I. The fourth-order valence-corrected chi connectivity index (χ4v) is 2.47. The molecule has 0 aromatic carbocycles. The number of aliphatic carboxylic acids is 1. The van der Waals surface area contributed by atoms with E-state index < -0.39 is 5.97 Å². The number of alkyl halides is 1. The summed E-state index contributed by atoms with van der Waals surface area (Å²) in [6, 6.07) is 0. The van der Waals surface area contributed by atoms with Crippen LogP contribution >= 0.6 is 22.6 Å². The van der Waals surface area contributed by atoms with Crippen LogP contribution in [-0.2, 0) is 4.79 Å². The number of carboxylic acids is 1. The smallest absolute Gasteiger partial charge is 0.307 e. The number of hydrogen-bond acceptors (Lipinski definition) is 1. The van der Waals surface area contributed by atoms with E-state index in [1.807, 2.05) is 0 Å². The maximum atomic E-state index is 10.6. The summed E-state index contributed by atoms with van der Waals surface area (Å²) in [5, 5.41) is 8.70. The molecule has 0 radical (unpaired) electrons. The molecule has 1 aliphatic rings. The largest absolute Gasteiger partial charge is 0.481 e. The maximum Gasteiger partial charge on any atom is 0.307 e. The molecule has 10 heavy (non-hydrogen) atoms. The van der Waals surface area contributed by atoms with Crippen molar-refractivity contribution in [1.82, 2.24) is 0 Å². The average Bonchev–Trinajstić information content (AvgIpc) is 1.88. The Morgan fingerprint density at radius 1 is 1.40 bits per heavy atom. The summed E-state index contributed by atoms with van der Waals surface area (Å²) in [6.45, 7) is 0. The molecule has 3 heteroatoms. The van der Waals surface area contributed by atoms with Crippen molar-refractivity contribution >= 4 is 28.6 Å². The summed E-state index contributed by atoms with van der Waals surface area (Å²) >= 11 is 2.25. The van der Waals surface area contributed by atoms with Crippen molar-refractivity contribution in [3.63, 3.8) is 0 Å². The van der Waals surface area contributed by atoms with Crippen LogP contribution in [0.5, 0.6) is 0 Å². The summed E-state index contributed by atoms with van der Waals surface area (Å²) in [6.07, 6.45) is 4.26. The van der Waals surface area contributed by atoms with Crippen molar-refractivity contribution < 1.29 is 9.90 Å². The second kappa shape index (κ2) is 3.55. The minimum Gasteiger partial charge on any atom is -0.481 e. The van der Waals surface area contributed by atoms with E-state index in [0.29, 0.717) is 3.92 Å². The Labute approximate surface area is 74.1 Å². The van der Waals surface area contributed by atoms with Gasteiger partial charge >= 0.3 is 5.97 Å². The van der Waals surface area contributed by atoms with Crippen molar-refractivity contribution in [3.05, 3.63) is 0 Å². The second-order valence-corrected chi connectivity index (χ2v) is 4.35. The summed E-state index contributed by atoms with van der Waals surface area (Å²) in [5.74, 6) is -0.687. The predicted octanol–water partition coefficient (Wildman–Crippen LogP) is 2.06. The molecule has 58 valence electrons. The van der Waals surface area contributed by atoms with Crippen molar-refractivity contribution in [3.8, 4) is 0 Å². The molecule has 1 fully saturated rings. The zero-order valence-corrected chi connectivity index (χ0v) is 7.87. The van der Waals surface area contributed by atoms with Crippen LogP contribution < -0.4 is 0 Å². The standard InChI is InChI=1S/C7H11IO2/c8-6-4-2-1-3-5(6)7(9)10/h5-6H,1-4H2,(H,9,10)/t5-,6+/m0/s1. The van der Waals surface area contributed by atoms with Gasteiger partial charge in [0.1, 0.15) is 0 Å². The molecule has 2 atom stereocenters. The van der Waals surface area contributed by atoms with Gasteiger partial charge in [0.2, 0.25) is 0 Å². The Morgan fingerprint density at radius 2 is 2.00 bits per heavy atom. The van der Waals surface area contributed by atoms with Crippen LogP contribution in [0.3, 0.4) is 0 Å². The molecule has 1 saturated carbocycles. The molecular formula is C7H11IO2. The van der Waals surface area contributed by atoms with Gasteiger partial charge < -0.3 is 5.11 Å². The molecule has 0 bridgehead atoms. The number of hydrogen-bond donors (Lipinski definition) is 1. The summed E-state index contributed by atoms with van der Waals surface area (Å²) in [7, 11) is 0. The van der Waals surface area contributed by atoms with Crippen LogP contribution in [0.1, 0.15) is 25.7 Å². The highest BCUT2D eigenvalue weighted by atomic mass is 127. The molecule has 0 unspecified atom stereocenters. The molecule has 0 saturated heterocycles. The fourth-order valence-electron chi connectivity index (χ4n) is 1.36. The van der Waals surface area contributed by atoms with Gasteiger partial charge in [0, 0.05) is 3.92 Å². The third-order valence-corrected chi connectivity index (χ3v) is 3.49. The first-order valence-corrected chi connectivity index (χ1v) is 4.83. The Kier molecular flexibility index (Phi) is 2.95. The lowest BCUT2D eigenvalue weighted by Gasteiger charge is -2.23. The number of rotatable bonds is 1. The van der Waals surface area contributed by atoms with Crippen LogP contribution in [0.15, 0.2) is 0 Å². The van der Waals surface area contributed by atoms with Crippen molar-refractivity contribution in [2.75, 3.05) is 0 Å². The van der Waals surface area contributed by atoms with E-state index in [9.17, 15) is 4.79 Å². The normalized spacial score (nSPS) is 33.7. The van der Waals surface area contributed by atoms with Crippen LogP contribution in [0, 0.1) is 5.92 Å². The monoisotopic (exact) mass is 254 g/mol. The van der Waals surface area contributed by atoms with Crippen LogP contribution in [-0.4, -0.2) is 15.0 Å². The number of halogens is 1. The first-order chi connectivity index (χ1) is 4.72. The molecule has 1 aliphatic carbocycles. The van der Waals surface area contributed by atoms with Gasteiger partial charge in [-0.15, -0.1) is 0 Å². The van der Waals surface area contributed by atoms with Gasteiger partial charge in [0.15, 0.2) is 0 Å². The molecule has 0 heterocycles. The van der Waals surface area contributed by atoms with Gasteiger partial charge in [-0.05, 0) is 12.8 Å². The van der Waals surface area contributed by atoms with Crippen LogP contribution in [0.4, 0.5) is 0 Å². The minimum atomic E-state index is -0.612. The molecule has 1 rings (SSSR count). The first kappa shape index (κ1) is 8.30. The Balaban J connectivity index is 2.47. The van der Waals surface area contributed by atoms with Crippen molar-refractivity contribution in [2.24, 2.45) is 5.92 Å². The van der Waals surface area contributed by atoms with E-state index in [1.54, 1.807) is 0 Å². The predicted molar refractivity (Wildman–Crippen MR) is 47.4 cm³/mol. The summed E-state index contributed by atoms with van der Waals surface area (Å²) in [5.41, 5.74) is 0. The molecule has 1 N–H and O–H groups in total. The van der Waals surface area contributed by atoms with E-state index in [0.717, 1.165) is 19.3 Å². The third kappa shape index (κ3) is 1.84. The Morgan fingerprint density at radius 3 is 2.40 bits per heavy atom. The van der Waals surface area contributed by atoms with Crippen molar-refractivity contribution in [1.29, 1.82) is 0 Å². The molecule has 0 amide bonds. The van der Waals surface area contributed by atoms with Crippen LogP contribution in [0.2, 0.25) is 0 Å². The third-order valence-electron chi connectivity index (χ3n) is 2.00. The lowest BCUT2D eigenvalue weighted by atomic mass is 9.89. The fraction of sp³-hybridized carbons (Fsp3) is 0.857. The highest BCUT2D eigenvalue weighted by molar-refractivity contribution is 14.1. The summed E-state index contributed by atoms with van der Waals surface area (Å²) in [4.78, 5) is 10.6. The number of carbonyl (C=O) groups is 1. The van der Waals surface area contributed by atoms with Crippen LogP contribution in [0.25, 0.3) is 0 Å². The molecule has 0 spiro atoms. The lowest BCUT2D eigenvalue weighted by Crippen LogP contribution is -2.26. The molecule has 0 aromatic heterocycles. The average molecular weight is 254 g/mol. The van der Waals surface area contributed by atoms with Gasteiger partial charge in [-0.25, -0.2) is 0 Å². The Hall–Kier alpha value is 0.200. The van der Waals surface area contributed by atoms with Gasteiger partial charge in [-0.1, -0.05) is 35.4 Å². The van der Waals surface area contributed by atoms with E-state index in [-0.39, 0.29) is 5.92 Å². The molecule has 0 aliphatic heterocycles. The van der Waals surface area contributed by atoms with E-state index in [2.05, 4.69) is 22.6 Å². The first-order valence-electron chi connectivity index (χ1n) is 3.58. The van der Waals surface area contributed by atoms with Gasteiger partial charge in [0.25, 0.3) is 0 Å². The lowest BCUT2D eigenvalue weighted by molar-refractivity contribution is -0.142. The maximum absolute atomic E-state index is 10.6. The molecule has 2 nitrogen and oxygen atoms in total. The summed E-state index contributed by atoms with van der Waals surface area (Å²) < 4.78 is 0.365. The zero-order valence-electron chi connectivity index (χ0n) is 5.72. The van der Waals surface area contributed by atoms with Gasteiger partial charge in [-0.3, -0.25) is 4.79 Å². The quantitative estimate of drug-likeness (QED) is 0.574. The van der Waals surface area contributed by atoms with E-state index in [4.69, 9.17) is 5.11 Å². The topological polar surface area (TPSA) is 37.3 Å². The minimum absolute atomic E-state index is 0.0747. The molecule has 0 aromatic rings. The van der Waals surface area contributed by atoms with E-state index in [1.165, 1.54) is 6.42 Å². The van der Waals surface area contributed by atoms with Gasteiger partial charge in [-0.2, -0.15) is 0 Å². The Bertz CT molecular complexity index is 136. The zero-order chi connectivity index (χ0) is 7.56. The van der Waals surface area contributed by atoms with Gasteiger partial charge in [0.05, 0.1) is 5.92 Å². The second-order valence-electron chi connectivity index (χ2n) is 2.75. The highest BCUT2D eigenvalue weighted by Crippen LogP contribution is 2.30. The van der Waals surface area contributed by atoms with E-state index >= 15 is 0 Å². The van der Waals surface area contributed by atoms with Crippen molar-refractivity contribution in [2.45, 2.75) is 29.6 Å². The molecular weight excluding hydrogens is 243 g/mol. The highest BCUT2D eigenvalue weighted by Gasteiger charge is 2.28. The number of carboxylic acid groups (broad SMARTS) is 1.